The smallest absolute Gasteiger partial charge is 0.280 e. The Balaban J connectivity index is 0. The molecule has 0 aliphatic rings. The summed E-state index contributed by atoms with van der Waals surface area (Å²) in [7, 11) is 0. The number of hydrogen-bond donors (Lipinski definition) is 3. The molecule has 1 radical (unpaired) electrons. The van der Waals surface area contributed by atoms with Crippen molar-refractivity contribution in [3.05, 3.63) is 16.7 Å². The standard InChI is InChI=1S/C8H11N5O3.Na.2H2O/c9-8-11-6-5(7(15)12-8)10-3-13(6)4-16-2-1-14;;;/h3,14H,1-2,4H2,(H3,9,11,12,15);;2*1H2. The summed E-state index contributed by atoms with van der Waals surface area (Å²) < 4.78 is 6.63. The zero-order valence-electron chi connectivity index (χ0n) is 10.4. The number of aliphatic hydroxyl groups is 1. The van der Waals surface area contributed by atoms with Gasteiger partial charge in [0.15, 0.2) is 11.2 Å². The van der Waals surface area contributed by atoms with Gasteiger partial charge in [0, 0.05) is 29.6 Å². The molecule has 0 bridgehead atoms. The normalized spacial score (nSPS) is 9.32. The topological polar surface area (TPSA) is 182 Å². The summed E-state index contributed by atoms with van der Waals surface area (Å²) in [5.41, 5.74) is 5.60. The van der Waals surface area contributed by atoms with E-state index in [-0.39, 0.29) is 77.5 Å². The van der Waals surface area contributed by atoms with E-state index in [1.807, 2.05) is 0 Å². The van der Waals surface area contributed by atoms with Crippen molar-refractivity contribution >= 4 is 46.7 Å². The van der Waals surface area contributed by atoms with Gasteiger partial charge in [-0.3, -0.25) is 14.3 Å². The van der Waals surface area contributed by atoms with Gasteiger partial charge in [-0.2, -0.15) is 4.98 Å². The van der Waals surface area contributed by atoms with Crippen LogP contribution in [0.25, 0.3) is 11.2 Å². The van der Waals surface area contributed by atoms with Crippen molar-refractivity contribution in [3.63, 3.8) is 0 Å². The molecular weight excluding hydrogens is 269 g/mol. The Morgan fingerprint density at radius 3 is 2.79 bits per heavy atom. The molecule has 11 heteroatoms. The molecule has 0 saturated carbocycles. The summed E-state index contributed by atoms with van der Waals surface area (Å²) in [6, 6.07) is 0. The van der Waals surface area contributed by atoms with Gasteiger partial charge >= 0.3 is 0 Å². The van der Waals surface area contributed by atoms with E-state index in [0.717, 1.165) is 0 Å². The Morgan fingerprint density at radius 1 is 1.47 bits per heavy atom. The van der Waals surface area contributed by atoms with E-state index < -0.39 is 0 Å². The first kappa shape index (κ1) is 20.3. The average Bonchev–Trinajstić information content (AvgIpc) is 2.62. The van der Waals surface area contributed by atoms with Crippen LogP contribution in [0.1, 0.15) is 0 Å². The van der Waals surface area contributed by atoms with Gasteiger partial charge < -0.3 is 26.5 Å². The molecule has 0 amide bonds. The fourth-order valence-electron chi connectivity index (χ4n) is 1.29. The number of fused-ring (bicyclic) bond motifs is 1. The predicted molar refractivity (Wildman–Crippen MR) is 68.6 cm³/mol. The Hall–Kier alpha value is -1.01. The van der Waals surface area contributed by atoms with Gasteiger partial charge in [-0.1, -0.05) is 0 Å². The van der Waals surface area contributed by atoms with E-state index in [1.165, 1.54) is 10.9 Å². The Morgan fingerprint density at radius 2 is 2.16 bits per heavy atom. The maximum absolute atomic E-state index is 11.4. The number of nitrogens with zero attached hydrogens (tertiary/aromatic N) is 3. The fourth-order valence-corrected chi connectivity index (χ4v) is 1.29. The number of nitrogens with two attached hydrogens (primary N) is 1. The minimum Gasteiger partial charge on any atom is -0.412 e. The minimum absolute atomic E-state index is 0. The van der Waals surface area contributed by atoms with Crippen molar-refractivity contribution in [2.24, 2.45) is 0 Å². The number of rotatable bonds is 4. The molecule has 0 spiro atoms. The van der Waals surface area contributed by atoms with Crippen molar-refractivity contribution in [3.8, 4) is 0 Å². The van der Waals surface area contributed by atoms with Crippen molar-refractivity contribution < 1.29 is 20.8 Å². The number of aromatic nitrogens is 4. The van der Waals surface area contributed by atoms with Gasteiger partial charge in [0.2, 0.25) is 5.95 Å². The largest absolute Gasteiger partial charge is 0.412 e. The van der Waals surface area contributed by atoms with E-state index >= 15 is 0 Å². The molecule has 0 unspecified atom stereocenters. The zero-order valence-corrected chi connectivity index (χ0v) is 12.4. The van der Waals surface area contributed by atoms with Crippen LogP contribution in [0, 0.1) is 0 Å². The van der Waals surface area contributed by atoms with E-state index in [2.05, 4.69) is 15.0 Å². The zero-order chi connectivity index (χ0) is 11.5. The van der Waals surface area contributed by atoms with Crippen LogP contribution in [-0.2, 0) is 11.5 Å². The summed E-state index contributed by atoms with van der Waals surface area (Å²) >= 11 is 0. The van der Waals surface area contributed by atoms with Crippen LogP contribution >= 0.6 is 0 Å². The van der Waals surface area contributed by atoms with Gasteiger partial charge in [-0.25, -0.2) is 4.98 Å². The molecule has 0 saturated heterocycles. The number of nitrogens with one attached hydrogen (secondary N) is 1. The van der Waals surface area contributed by atoms with Gasteiger partial charge in [0.05, 0.1) is 19.5 Å². The van der Waals surface area contributed by atoms with Gasteiger partial charge in [-0.15, -0.1) is 0 Å². The maximum atomic E-state index is 11.4. The van der Waals surface area contributed by atoms with Crippen LogP contribution in [0.3, 0.4) is 0 Å². The summed E-state index contributed by atoms with van der Waals surface area (Å²) in [6.45, 7) is 0.300. The van der Waals surface area contributed by atoms with Crippen LogP contribution in [-0.4, -0.2) is 78.3 Å². The van der Waals surface area contributed by atoms with Crippen LogP contribution in [0.4, 0.5) is 5.95 Å². The number of nitrogen functional groups attached to an aromatic ring is 1. The average molecular weight is 284 g/mol. The molecule has 0 aliphatic heterocycles. The monoisotopic (exact) mass is 284 g/mol. The van der Waals surface area contributed by atoms with E-state index in [9.17, 15) is 4.79 Å². The molecule has 2 aromatic rings. The van der Waals surface area contributed by atoms with Crippen molar-refractivity contribution in [1.29, 1.82) is 0 Å². The molecule has 8 N–H and O–H groups in total. The molecular formula is C8H15N5NaO5. The summed E-state index contributed by atoms with van der Waals surface area (Å²) in [5.74, 6) is 0.0291. The SMILES string of the molecule is Nc1nc2c(ncn2COCCO)c(=O)[nH]1.O.O.[Na]. The van der Waals surface area contributed by atoms with E-state index in [4.69, 9.17) is 15.6 Å². The second-order valence-electron chi connectivity index (χ2n) is 3.10. The van der Waals surface area contributed by atoms with Crippen LogP contribution in [0.15, 0.2) is 11.1 Å². The molecule has 0 atom stereocenters. The summed E-state index contributed by atoms with van der Waals surface area (Å²) in [6.07, 6.45) is 1.43. The molecule has 10 nitrogen and oxygen atoms in total. The van der Waals surface area contributed by atoms with Crippen molar-refractivity contribution in [2.75, 3.05) is 18.9 Å². The number of imidazole rings is 1. The number of aliphatic hydroxyl groups excluding tert-OH is 1. The van der Waals surface area contributed by atoms with Gasteiger partial charge in [0.25, 0.3) is 5.56 Å². The summed E-state index contributed by atoms with van der Waals surface area (Å²) in [4.78, 5) is 21.6. The molecule has 0 fully saturated rings. The number of H-pyrrole nitrogens is 1. The van der Waals surface area contributed by atoms with E-state index in [0.29, 0.717) is 5.65 Å². The number of ether oxygens (including phenoxy) is 1. The number of hydrogen-bond acceptors (Lipinski definition) is 6. The third-order valence-electron chi connectivity index (χ3n) is 1.96. The van der Waals surface area contributed by atoms with Crippen molar-refractivity contribution in [1.82, 2.24) is 19.5 Å². The third kappa shape index (κ3) is 4.54. The second kappa shape index (κ2) is 8.98. The molecule has 0 aliphatic carbocycles. The fraction of sp³-hybridized carbons (Fsp3) is 0.375. The van der Waals surface area contributed by atoms with Crippen LogP contribution in [0.5, 0.6) is 0 Å². The molecule has 0 aromatic carbocycles. The first-order chi connectivity index (χ1) is 7.72. The van der Waals surface area contributed by atoms with Gasteiger partial charge in [0.1, 0.15) is 6.73 Å². The molecule has 2 heterocycles. The Labute approximate surface area is 129 Å². The predicted octanol–water partition coefficient (Wildman–Crippen LogP) is -3.36. The Kier molecular flexibility index (Phi) is 9.60. The van der Waals surface area contributed by atoms with Crippen LogP contribution < -0.4 is 11.3 Å². The Bertz CT molecular complexity index is 556. The second-order valence-corrected chi connectivity index (χ2v) is 3.10. The minimum atomic E-state index is -0.386. The quantitative estimate of drug-likeness (QED) is 0.389. The van der Waals surface area contributed by atoms with E-state index in [1.54, 1.807) is 0 Å². The third-order valence-corrected chi connectivity index (χ3v) is 1.96. The number of aromatic amines is 1. The maximum Gasteiger partial charge on any atom is 0.280 e. The first-order valence-corrected chi connectivity index (χ1v) is 4.61. The summed E-state index contributed by atoms with van der Waals surface area (Å²) in [5, 5.41) is 8.56. The molecule has 2 aromatic heterocycles. The van der Waals surface area contributed by atoms with Crippen LogP contribution in [0.2, 0.25) is 0 Å². The first-order valence-electron chi connectivity index (χ1n) is 4.61. The molecule has 2 rings (SSSR count). The van der Waals surface area contributed by atoms with Gasteiger partial charge in [-0.05, 0) is 0 Å². The number of anilines is 1. The molecule has 103 valence electrons. The van der Waals surface area contributed by atoms with Crippen molar-refractivity contribution in [2.45, 2.75) is 6.73 Å². The molecule has 19 heavy (non-hydrogen) atoms.